The molecule has 1 aromatic carbocycles. The highest BCUT2D eigenvalue weighted by atomic mass is 16.6. The molecule has 3 nitrogen and oxygen atoms in total. The molecule has 16 heavy (non-hydrogen) atoms. The third-order valence-electron chi connectivity index (χ3n) is 2.23. The van der Waals surface area contributed by atoms with E-state index in [9.17, 15) is 4.79 Å². The highest BCUT2D eigenvalue weighted by Gasteiger charge is 2.07. The molecule has 1 aromatic rings. The molecule has 0 heterocycles. The Morgan fingerprint density at radius 3 is 2.50 bits per heavy atom. The van der Waals surface area contributed by atoms with Crippen LogP contribution in [0.15, 0.2) is 36.4 Å². The fourth-order valence-electron chi connectivity index (χ4n) is 1.04. The van der Waals surface area contributed by atoms with Gasteiger partial charge >= 0.3 is 5.97 Å². The van der Waals surface area contributed by atoms with Gasteiger partial charge in [0.2, 0.25) is 0 Å². The number of benzene rings is 1. The molecular weight excluding hydrogens is 202 g/mol. The monoisotopic (exact) mass is 219 g/mol. The smallest absolute Gasteiger partial charge is 0.332 e. The van der Waals surface area contributed by atoms with Gasteiger partial charge in [-0.15, -0.1) is 0 Å². The molecule has 3 heteroatoms. The minimum atomic E-state index is -0.329. The molecule has 0 N–H and O–H groups in total. The van der Waals surface area contributed by atoms with Crippen LogP contribution in [-0.2, 0) is 9.53 Å². The van der Waals surface area contributed by atoms with Gasteiger partial charge in [0.15, 0.2) is 6.23 Å². The van der Waals surface area contributed by atoms with Crippen LogP contribution in [0.25, 0.3) is 6.08 Å². The summed E-state index contributed by atoms with van der Waals surface area (Å²) in [5.74, 6) is -0.329. The van der Waals surface area contributed by atoms with Crippen molar-refractivity contribution in [3.05, 3.63) is 42.0 Å². The number of rotatable bonds is 4. The molecule has 0 bridgehead atoms. The maximum Gasteiger partial charge on any atom is 0.332 e. The Bertz CT molecular complexity index is 357. The zero-order chi connectivity index (χ0) is 12.0. The van der Waals surface area contributed by atoms with Crippen molar-refractivity contribution in [3.8, 4) is 0 Å². The van der Waals surface area contributed by atoms with Crippen LogP contribution in [-0.4, -0.2) is 31.2 Å². The van der Waals surface area contributed by atoms with Gasteiger partial charge in [-0.05, 0) is 32.7 Å². The summed E-state index contributed by atoms with van der Waals surface area (Å²) in [4.78, 5) is 13.2. The lowest BCUT2D eigenvalue weighted by molar-refractivity contribution is -0.149. The lowest BCUT2D eigenvalue weighted by Gasteiger charge is -2.18. The van der Waals surface area contributed by atoms with E-state index in [4.69, 9.17) is 4.74 Å². The molecule has 0 saturated heterocycles. The van der Waals surface area contributed by atoms with Crippen molar-refractivity contribution >= 4 is 12.0 Å². The molecular formula is C13H17NO2. The Balaban J connectivity index is 2.49. The zero-order valence-corrected chi connectivity index (χ0v) is 9.88. The van der Waals surface area contributed by atoms with Crippen molar-refractivity contribution in [2.24, 2.45) is 0 Å². The molecule has 1 unspecified atom stereocenters. The second-order valence-electron chi connectivity index (χ2n) is 3.74. The van der Waals surface area contributed by atoms with E-state index in [1.54, 1.807) is 6.08 Å². The van der Waals surface area contributed by atoms with E-state index in [0.29, 0.717) is 0 Å². The first-order valence-electron chi connectivity index (χ1n) is 5.20. The average molecular weight is 219 g/mol. The van der Waals surface area contributed by atoms with Gasteiger partial charge in [0.1, 0.15) is 0 Å². The van der Waals surface area contributed by atoms with E-state index >= 15 is 0 Å². The summed E-state index contributed by atoms with van der Waals surface area (Å²) in [6.07, 6.45) is 2.97. The fraction of sp³-hybridized carbons (Fsp3) is 0.308. The maximum absolute atomic E-state index is 11.4. The van der Waals surface area contributed by atoms with Crippen LogP contribution >= 0.6 is 0 Å². The van der Waals surface area contributed by atoms with Crippen LogP contribution in [0, 0.1) is 0 Å². The van der Waals surface area contributed by atoms with Crippen LogP contribution in [0.2, 0.25) is 0 Å². The van der Waals surface area contributed by atoms with E-state index in [-0.39, 0.29) is 12.2 Å². The summed E-state index contributed by atoms with van der Waals surface area (Å²) in [5.41, 5.74) is 0.983. The van der Waals surface area contributed by atoms with Gasteiger partial charge in [0.25, 0.3) is 0 Å². The highest BCUT2D eigenvalue weighted by molar-refractivity contribution is 5.87. The Hall–Kier alpha value is -1.61. The van der Waals surface area contributed by atoms with Gasteiger partial charge in [-0.2, -0.15) is 0 Å². The second-order valence-corrected chi connectivity index (χ2v) is 3.74. The van der Waals surface area contributed by atoms with Crippen molar-refractivity contribution in [3.63, 3.8) is 0 Å². The molecule has 86 valence electrons. The zero-order valence-electron chi connectivity index (χ0n) is 9.88. The Kier molecular flexibility index (Phi) is 4.73. The van der Waals surface area contributed by atoms with E-state index in [1.165, 1.54) is 6.08 Å². The molecule has 0 aliphatic rings. The average Bonchev–Trinajstić information content (AvgIpc) is 2.27. The maximum atomic E-state index is 11.4. The third-order valence-corrected chi connectivity index (χ3v) is 2.23. The van der Waals surface area contributed by atoms with Gasteiger partial charge in [-0.1, -0.05) is 30.3 Å². The number of esters is 1. The lowest BCUT2D eigenvalue weighted by atomic mass is 10.2. The van der Waals surface area contributed by atoms with Crippen molar-refractivity contribution in [2.75, 3.05) is 14.1 Å². The first kappa shape index (κ1) is 12.5. The summed E-state index contributed by atoms with van der Waals surface area (Å²) < 4.78 is 5.13. The molecule has 0 radical (unpaired) electrons. The summed E-state index contributed by atoms with van der Waals surface area (Å²) in [7, 11) is 3.72. The van der Waals surface area contributed by atoms with E-state index < -0.39 is 0 Å². The van der Waals surface area contributed by atoms with E-state index in [2.05, 4.69) is 0 Å². The molecule has 1 atom stereocenters. The van der Waals surface area contributed by atoms with Gasteiger partial charge in [-0.3, -0.25) is 4.90 Å². The molecule has 0 fully saturated rings. The van der Waals surface area contributed by atoms with Crippen LogP contribution in [0.1, 0.15) is 12.5 Å². The number of carbonyl (C=O) groups excluding carboxylic acids is 1. The number of carbonyl (C=O) groups is 1. The number of hydrogen-bond acceptors (Lipinski definition) is 3. The molecule has 0 aliphatic heterocycles. The minimum absolute atomic E-state index is 0.215. The summed E-state index contributed by atoms with van der Waals surface area (Å²) in [5, 5.41) is 0. The van der Waals surface area contributed by atoms with E-state index in [1.807, 2.05) is 56.3 Å². The number of nitrogens with zero attached hydrogens (tertiary/aromatic N) is 1. The predicted molar refractivity (Wildman–Crippen MR) is 64.7 cm³/mol. The first-order valence-corrected chi connectivity index (χ1v) is 5.20. The topological polar surface area (TPSA) is 29.5 Å². The predicted octanol–water partition coefficient (Wildman–Crippen LogP) is 2.15. The minimum Gasteiger partial charge on any atom is -0.444 e. The second kappa shape index (κ2) is 6.08. The van der Waals surface area contributed by atoms with Crippen molar-refractivity contribution in [1.82, 2.24) is 4.90 Å². The highest BCUT2D eigenvalue weighted by Crippen LogP contribution is 2.02. The summed E-state index contributed by atoms with van der Waals surface area (Å²) in [6, 6.07) is 9.64. The first-order chi connectivity index (χ1) is 7.59. The van der Waals surface area contributed by atoms with Crippen LogP contribution in [0.3, 0.4) is 0 Å². The van der Waals surface area contributed by atoms with Crippen molar-refractivity contribution in [2.45, 2.75) is 13.2 Å². The van der Waals surface area contributed by atoms with Gasteiger partial charge < -0.3 is 4.74 Å². The standard InChI is InChI=1S/C13H17NO2/c1-11(14(2)3)16-13(15)10-9-12-7-5-4-6-8-12/h4-11H,1-3H3. The van der Waals surface area contributed by atoms with E-state index in [0.717, 1.165) is 5.56 Å². The summed E-state index contributed by atoms with van der Waals surface area (Å²) >= 11 is 0. The molecule has 0 aromatic heterocycles. The van der Waals surface area contributed by atoms with Gasteiger partial charge in [0.05, 0.1) is 0 Å². The molecule has 0 amide bonds. The fourth-order valence-corrected chi connectivity index (χ4v) is 1.04. The largest absolute Gasteiger partial charge is 0.444 e. The normalized spacial score (nSPS) is 13.0. The molecule has 0 spiro atoms. The Labute approximate surface area is 96.3 Å². The van der Waals surface area contributed by atoms with Gasteiger partial charge in [0, 0.05) is 6.08 Å². The molecule has 0 saturated carbocycles. The summed E-state index contributed by atoms with van der Waals surface area (Å²) in [6.45, 7) is 1.83. The molecule has 0 aliphatic carbocycles. The molecule has 1 rings (SSSR count). The Morgan fingerprint density at radius 1 is 1.31 bits per heavy atom. The SMILES string of the molecule is CC(OC(=O)C=Cc1ccccc1)N(C)C. The number of ether oxygens (including phenoxy) is 1. The van der Waals surface area contributed by atoms with Crippen LogP contribution in [0.4, 0.5) is 0 Å². The van der Waals surface area contributed by atoms with Crippen LogP contribution in [0.5, 0.6) is 0 Å². The lowest BCUT2D eigenvalue weighted by Crippen LogP contribution is -2.29. The van der Waals surface area contributed by atoms with Crippen LogP contribution < -0.4 is 0 Å². The number of hydrogen-bond donors (Lipinski definition) is 0. The Morgan fingerprint density at radius 2 is 1.94 bits per heavy atom. The third kappa shape index (κ3) is 4.28. The van der Waals surface area contributed by atoms with Crippen molar-refractivity contribution in [1.29, 1.82) is 0 Å². The quantitative estimate of drug-likeness (QED) is 0.441. The van der Waals surface area contributed by atoms with Gasteiger partial charge in [-0.25, -0.2) is 4.79 Å². The van der Waals surface area contributed by atoms with Crippen molar-refractivity contribution < 1.29 is 9.53 Å².